The summed E-state index contributed by atoms with van der Waals surface area (Å²) >= 11 is 0. The summed E-state index contributed by atoms with van der Waals surface area (Å²) in [6, 6.07) is 0.206. The van der Waals surface area contributed by atoms with E-state index in [1.165, 1.54) is 0 Å². The van der Waals surface area contributed by atoms with Gasteiger partial charge in [-0.25, -0.2) is 0 Å². The van der Waals surface area contributed by atoms with Crippen molar-refractivity contribution in [2.24, 2.45) is 11.8 Å². The first kappa shape index (κ1) is 17.4. The van der Waals surface area contributed by atoms with E-state index >= 15 is 0 Å². The van der Waals surface area contributed by atoms with Crippen molar-refractivity contribution in [3.05, 3.63) is 47.9 Å². The van der Waals surface area contributed by atoms with Crippen LogP contribution in [0.2, 0.25) is 0 Å². The molecule has 0 saturated heterocycles. The molecule has 23 heavy (non-hydrogen) atoms. The summed E-state index contributed by atoms with van der Waals surface area (Å²) in [5.74, 6) is 1.49. The summed E-state index contributed by atoms with van der Waals surface area (Å²) in [5.41, 5.74) is 0.999. The van der Waals surface area contributed by atoms with Crippen LogP contribution in [0.4, 0.5) is 0 Å². The van der Waals surface area contributed by atoms with Crippen molar-refractivity contribution in [1.29, 1.82) is 0 Å². The average molecular weight is 316 g/mol. The first-order valence-corrected chi connectivity index (χ1v) is 8.43. The highest BCUT2D eigenvalue weighted by atomic mass is 16.5. The molecule has 0 spiro atoms. The fourth-order valence-electron chi connectivity index (χ4n) is 2.71. The molecule has 2 N–H and O–H groups in total. The summed E-state index contributed by atoms with van der Waals surface area (Å²) in [6.07, 6.45) is 14.8. The number of carbonyl (C=O) groups is 1. The van der Waals surface area contributed by atoms with Crippen LogP contribution >= 0.6 is 0 Å². The number of methoxy groups -OCH3 is 1. The first-order valence-electron chi connectivity index (χ1n) is 8.43. The molecule has 4 heteroatoms. The Morgan fingerprint density at radius 1 is 1.39 bits per heavy atom. The second-order valence-corrected chi connectivity index (χ2v) is 6.47. The summed E-state index contributed by atoms with van der Waals surface area (Å²) in [6.45, 7) is 5.08. The van der Waals surface area contributed by atoms with Gasteiger partial charge in [-0.3, -0.25) is 4.79 Å². The third-order valence-electron chi connectivity index (χ3n) is 4.15. The molecule has 0 aliphatic heterocycles. The number of amides is 1. The second-order valence-electron chi connectivity index (χ2n) is 6.47. The van der Waals surface area contributed by atoms with Crippen molar-refractivity contribution in [3.63, 3.8) is 0 Å². The van der Waals surface area contributed by atoms with Crippen LogP contribution in [0.15, 0.2) is 47.9 Å². The Morgan fingerprint density at radius 2 is 2.22 bits per heavy atom. The maximum absolute atomic E-state index is 12.5. The van der Waals surface area contributed by atoms with Crippen LogP contribution in [0.5, 0.6) is 0 Å². The van der Waals surface area contributed by atoms with Gasteiger partial charge in [-0.05, 0) is 43.4 Å². The zero-order chi connectivity index (χ0) is 16.7. The van der Waals surface area contributed by atoms with Crippen LogP contribution in [0, 0.1) is 11.8 Å². The maximum atomic E-state index is 12.5. The number of rotatable bonds is 7. The van der Waals surface area contributed by atoms with E-state index in [-0.39, 0.29) is 17.9 Å². The van der Waals surface area contributed by atoms with E-state index in [0.717, 1.165) is 37.3 Å². The van der Waals surface area contributed by atoms with Crippen LogP contribution in [-0.4, -0.2) is 25.6 Å². The van der Waals surface area contributed by atoms with Gasteiger partial charge in [-0.2, -0.15) is 0 Å². The lowest BCUT2D eigenvalue weighted by Gasteiger charge is -2.26. The summed E-state index contributed by atoms with van der Waals surface area (Å²) < 4.78 is 5.21. The molecule has 0 aromatic heterocycles. The molecule has 0 bridgehead atoms. The summed E-state index contributed by atoms with van der Waals surface area (Å²) in [5, 5.41) is 6.56. The monoisotopic (exact) mass is 316 g/mol. The van der Waals surface area contributed by atoms with Crippen molar-refractivity contribution in [2.45, 2.75) is 39.2 Å². The highest BCUT2D eigenvalue weighted by Gasteiger charge is 2.24. The van der Waals surface area contributed by atoms with Crippen molar-refractivity contribution >= 4 is 5.91 Å². The van der Waals surface area contributed by atoms with Crippen LogP contribution < -0.4 is 10.6 Å². The van der Waals surface area contributed by atoms with Gasteiger partial charge in [0, 0.05) is 18.3 Å². The highest BCUT2D eigenvalue weighted by molar-refractivity contribution is 5.82. The fraction of sp³-hybridized carbons (Fsp3) is 0.526. The van der Waals surface area contributed by atoms with E-state index < -0.39 is 0 Å². The van der Waals surface area contributed by atoms with Crippen LogP contribution in [-0.2, 0) is 9.53 Å². The summed E-state index contributed by atoms with van der Waals surface area (Å²) in [4.78, 5) is 12.5. The van der Waals surface area contributed by atoms with Gasteiger partial charge in [-0.1, -0.05) is 32.1 Å². The third-order valence-corrected chi connectivity index (χ3v) is 4.15. The SMILES string of the molecule is COC1=CCC(NC2=CC=CCC2C(=O)NCCC(C)C)C=C1. The van der Waals surface area contributed by atoms with Gasteiger partial charge < -0.3 is 15.4 Å². The molecule has 0 fully saturated rings. The van der Waals surface area contributed by atoms with E-state index in [0.29, 0.717) is 5.92 Å². The Balaban J connectivity index is 1.90. The Bertz CT molecular complexity index is 529. The lowest BCUT2D eigenvalue weighted by molar-refractivity contribution is -0.124. The molecule has 2 aliphatic rings. The Hall–Kier alpha value is -1.97. The minimum absolute atomic E-state index is 0.113. The van der Waals surface area contributed by atoms with Gasteiger partial charge in [0.25, 0.3) is 0 Å². The van der Waals surface area contributed by atoms with Crippen molar-refractivity contribution in [2.75, 3.05) is 13.7 Å². The van der Waals surface area contributed by atoms with E-state index in [1.54, 1.807) is 7.11 Å². The normalized spacial score (nSPS) is 23.3. The standard InChI is InChI=1S/C19H28N2O2/c1-14(2)12-13-20-19(22)17-6-4-5-7-18(17)21-15-8-10-16(23-3)11-9-15/h4-5,7-8,10-11,14-15,17,21H,6,9,12-13H2,1-3H3,(H,20,22). The average Bonchev–Trinajstić information content (AvgIpc) is 2.55. The molecule has 0 saturated carbocycles. The number of nitrogens with one attached hydrogen (secondary N) is 2. The molecular weight excluding hydrogens is 288 g/mol. The topological polar surface area (TPSA) is 50.4 Å². The predicted molar refractivity (Wildman–Crippen MR) is 93.6 cm³/mol. The molecule has 2 aliphatic carbocycles. The van der Waals surface area contributed by atoms with Gasteiger partial charge in [0.15, 0.2) is 0 Å². The first-order chi connectivity index (χ1) is 11.1. The smallest absolute Gasteiger partial charge is 0.229 e. The van der Waals surface area contributed by atoms with Crippen LogP contribution in [0.3, 0.4) is 0 Å². The van der Waals surface area contributed by atoms with Gasteiger partial charge in [-0.15, -0.1) is 0 Å². The lowest BCUT2D eigenvalue weighted by atomic mass is 9.94. The molecule has 2 atom stereocenters. The van der Waals surface area contributed by atoms with Crippen molar-refractivity contribution in [3.8, 4) is 0 Å². The molecule has 4 nitrogen and oxygen atoms in total. The van der Waals surface area contributed by atoms with Crippen LogP contribution in [0.25, 0.3) is 0 Å². The van der Waals surface area contributed by atoms with E-state index in [9.17, 15) is 4.79 Å². The van der Waals surface area contributed by atoms with Gasteiger partial charge in [0.05, 0.1) is 13.0 Å². The molecule has 2 unspecified atom stereocenters. The molecule has 2 rings (SSSR count). The van der Waals surface area contributed by atoms with Gasteiger partial charge in [0.2, 0.25) is 5.91 Å². The molecule has 0 radical (unpaired) electrons. The van der Waals surface area contributed by atoms with Gasteiger partial charge >= 0.3 is 0 Å². The largest absolute Gasteiger partial charge is 0.497 e. The number of ether oxygens (including phenoxy) is 1. The Morgan fingerprint density at radius 3 is 2.87 bits per heavy atom. The molecule has 126 valence electrons. The molecule has 0 heterocycles. The number of allylic oxidation sites excluding steroid dienone is 4. The minimum Gasteiger partial charge on any atom is -0.497 e. The van der Waals surface area contributed by atoms with E-state index in [2.05, 4.69) is 42.7 Å². The predicted octanol–water partition coefficient (Wildman–Crippen LogP) is 3.06. The molecule has 1 amide bonds. The van der Waals surface area contributed by atoms with E-state index in [4.69, 9.17) is 4.74 Å². The quantitative estimate of drug-likeness (QED) is 0.759. The number of hydrogen-bond acceptors (Lipinski definition) is 3. The third kappa shape index (κ3) is 5.31. The zero-order valence-electron chi connectivity index (χ0n) is 14.3. The Labute approximate surface area is 139 Å². The molecule has 0 aromatic carbocycles. The highest BCUT2D eigenvalue weighted by Crippen LogP contribution is 2.21. The van der Waals surface area contributed by atoms with Crippen molar-refractivity contribution in [1.82, 2.24) is 10.6 Å². The second kappa shape index (κ2) is 8.61. The fourth-order valence-corrected chi connectivity index (χ4v) is 2.71. The summed E-state index contributed by atoms with van der Waals surface area (Å²) in [7, 11) is 1.68. The maximum Gasteiger partial charge on any atom is 0.229 e. The lowest BCUT2D eigenvalue weighted by Crippen LogP contribution is -2.39. The zero-order valence-corrected chi connectivity index (χ0v) is 14.3. The van der Waals surface area contributed by atoms with Crippen molar-refractivity contribution < 1.29 is 9.53 Å². The van der Waals surface area contributed by atoms with Gasteiger partial charge in [0.1, 0.15) is 5.76 Å². The molecule has 0 aromatic rings. The number of hydrogen-bond donors (Lipinski definition) is 2. The number of carbonyl (C=O) groups excluding carboxylic acids is 1. The Kier molecular flexibility index (Phi) is 6.51. The van der Waals surface area contributed by atoms with Crippen LogP contribution in [0.1, 0.15) is 33.1 Å². The minimum atomic E-state index is -0.117. The van der Waals surface area contributed by atoms with E-state index in [1.807, 2.05) is 18.2 Å². The molecular formula is C19H28N2O2.